The van der Waals surface area contributed by atoms with Crippen molar-refractivity contribution in [3.63, 3.8) is 0 Å². The molecule has 3 aromatic carbocycles. The van der Waals surface area contributed by atoms with E-state index in [-0.39, 0.29) is 12.3 Å². The van der Waals surface area contributed by atoms with Gasteiger partial charge in [0.25, 0.3) is 11.8 Å². The van der Waals surface area contributed by atoms with E-state index in [1.54, 1.807) is 85.8 Å². The summed E-state index contributed by atoms with van der Waals surface area (Å²) in [5.41, 5.74) is 1.87. The minimum absolute atomic E-state index is 0.0231. The van der Waals surface area contributed by atoms with Crippen molar-refractivity contribution in [2.75, 3.05) is 25.1 Å². The van der Waals surface area contributed by atoms with E-state index in [0.717, 1.165) is 0 Å². The van der Waals surface area contributed by atoms with Gasteiger partial charge in [-0.25, -0.2) is 4.79 Å². The summed E-state index contributed by atoms with van der Waals surface area (Å²) in [6, 6.07) is 20.1. The highest BCUT2D eigenvalue weighted by atomic mass is 16.5. The van der Waals surface area contributed by atoms with E-state index in [1.165, 1.54) is 0 Å². The van der Waals surface area contributed by atoms with Crippen molar-refractivity contribution in [2.45, 2.75) is 20.8 Å². The number of hydrogen-bond acceptors (Lipinski definition) is 6. The maximum absolute atomic E-state index is 13.2. The van der Waals surface area contributed by atoms with Crippen molar-refractivity contribution in [2.24, 2.45) is 0 Å². The quantitative estimate of drug-likeness (QED) is 0.280. The first-order valence-corrected chi connectivity index (χ1v) is 12.0. The second-order valence-corrected chi connectivity index (χ2v) is 7.70. The topological polar surface area (TPSA) is 103 Å². The summed E-state index contributed by atoms with van der Waals surface area (Å²) in [5, 5.41) is 5.46. The van der Waals surface area contributed by atoms with Gasteiger partial charge in [0.1, 0.15) is 5.70 Å². The SMILES string of the molecule is CCOC(=O)c1ccc(NC(=O)C(=Cc2ccc(OCC)c(OCC)c2)NC(=O)c2ccccc2)cc1. The molecule has 8 heteroatoms. The van der Waals surface area contributed by atoms with Crippen LogP contribution < -0.4 is 20.1 Å². The molecular formula is C29H30N2O6. The Kier molecular flexibility index (Phi) is 9.84. The van der Waals surface area contributed by atoms with Crippen LogP contribution in [0.4, 0.5) is 5.69 Å². The molecular weight excluding hydrogens is 472 g/mol. The van der Waals surface area contributed by atoms with Crippen molar-refractivity contribution in [3.8, 4) is 11.5 Å². The lowest BCUT2D eigenvalue weighted by atomic mass is 10.1. The number of benzene rings is 3. The van der Waals surface area contributed by atoms with Crippen LogP contribution in [0.5, 0.6) is 11.5 Å². The molecule has 2 N–H and O–H groups in total. The Morgan fingerprint density at radius 1 is 0.757 bits per heavy atom. The third-order valence-electron chi connectivity index (χ3n) is 5.06. The van der Waals surface area contributed by atoms with Gasteiger partial charge in [-0.2, -0.15) is 0 Å². The van der Waals surface area contributed by atoms with Gasteiger partial charge in [0.05, 0.1) is 25.4 Å². The Hall–Kier alpha value is -4.59. The number of nitrogens with one attached hydrogen (secondary N) is 2. The van der Waals surface area contributed by atoms with Crippen LogP contribution in [0, 0.1) is 0 Å². The van der Waals surface area contributed by atoms with Crippen molar-refractivity contribution >= 4 is 29.5 Å². The van der Waals surface area contributed by atoms with Gasteiger partial charge < -0.3 is 24.8 Å². The Morgan fingerprint density at radius 2 is 1.43 bits per heavy atom. The lowest BCUT2D eigenvalue weighted by Gasteiger charge is -2.14. The zero-order valence-electron chi connectivity index (χ0n) is 21.1. The number of carbonyl (C=O) groups excluding carboxylic acids is 3. The number of ether oxygens (including phenoxy) is 3. The molecule has 0 aliphatic heterocycles. The van der Waals surface area contributed by atoms with Crippen LogP contribution in [0.2, 0.25) is 0 Å². The Morgan fingerprint density at radius 3 is 2.08 bits per heavy atom. The molecule has 0 aliphatic carbocycles. The number of esters is 1. The first-order valence-electron chi connectivity index (χ1n) is 12.0. The van der Waals surface area contributed by atoms with E-state index in [4.69, 9.17) is 14.2 Å². The van der Waals surface area contributed by atoms with Crippen LogP contribution in [-0.2, 0) is 9.53 Å². The largest absolute Gasteiger partial charge is 0.490 e. The van der Waals surface area contributed by atoms with Gasteiger partial charge in [0, 0.05) is 11.3 Å². The summed E-state index contributed by atoms with van der Waals surface area (Å²) >= 11 is 0. The summed E-state index contributed by atoms with van der Waals surface area (Å²) in [6.45, 7) is 6.65. The predicted molar refractivity (Wildman–Crippen MR) is 142 cm³/mol. The fourth-order valence-electron chi connectivity index (χ4n) is 3.37. The number of rotatable bonds is 11. The fraction of sp³-hybridized carbons (Fsp3) is 0.207. The molecule has 0 atom stereocenters. The summed E-state index contributed by atoms with van der Waals surface area (Å²) in [6.07, 6.45) is 1.56. The maximum Gasteiger partial charge on any atom is 0.338 e. The highest BCUT2D eigenvalue weighted by Crippen LogP contribution is 2.29. The number of carbonyl (C=O) groups is 3. The minimum Gasteiger partial charge on any atom is -0.490 e. The summed E-state index contributed by atoms with van der Waals surface area (Å²) in [4.78, 5) is 38.0. The fourth-order valence-corrected chi connectivity index (χ4v) is 3.37. The third kappa shape index (κ3) is 7.70. The summed E-state index contributed by atoms with van der Waals surface area (Å²) in [5.74, 6) is -0.309. The molecule has 0 radical (unpaired) electrons. The van der Waals surface area contributed by atoms with E-state index in [1.807, 2.05) is 13.8 Å². The zero-order valence-corrected chi connectivity index (χ0v) is 21.1. The second-order valence-electron chi connectivity index (χ2n) is 7.70. The average molecular weight is 503 g/mol. The van der Waals surface area contributed by atoms with E-state index >= 15 is 0 Å². The lowest BCUT2D eigenvalue weighted by Crippen LogP contribution is -2.30. The molecule has 0 spiro atoms. The van der Waals surface area contributed by atoms with Crippen LogP contribution in [-0.4, -0.2) is 37.6 Å². The van der Waals surface area contributed by atoms with Gasteiger partial charge in [-0.1, -0.05) is 24.3 Å². The molecule has 3 rings (SSSR count). The molecule has 0 heterocycles. The molecule has 2 amide bonds. The number of hydrogen-bond donors (Lipinski definition) is 2. The van der Waals surface area contributed by atoms with Gasteiger partial charge in [-0.3, -0.25) is 9.59 Å². The van der Waals surface area contributed by atoms with Gasteiger partial charge in [-0.15, -0.1) is 0 Å². The van der Waals surface area contributed by atoms with Crippen molar-refractivity contribution in [3.05, 3.63) is 95.2 Å². The molecule has 0 bridgehead atoms. The van der Waals surface area contributed by atoms with Crippen LogP contribution in [0.3, 0.4) is 0 Å². The van der Waals surface area contributed by atoms with Crippen molar-refractivity contribution in [1.82, 2.24) is 5.32 Å². The Labute approximate surface area is 216 Å². The standard InChI is InChI=1S/C29H30N2O6/c1-4-35-25-17-12-20(19-26(25)36-5-2)18-24(31-27(32)21-10-8-7-9-11-21)28(33)30-23-15-13-22(14-16-23)29(34)37-6-3/h7-19H,4-6H2,1-3H3,(H,30,33)(H,31,32). The third-order valence-corrected chi connectivity index (χ3v) is 5.06. The van der Waals surface area contributed by atoms with Gasteiger partial charge >= 0.3 is 5.97 Å². The maximum atomic E-state index is 13.2. The molecule has 8 nitrogen and oxygen atoms in total. The predicted octanol–water partition coefficient (Wildman–Crippen LogP) is 5.07. The van der Waals surface area contributed by atoms with Crippen LogP contribution in [0.1, 0.15) is 47.1 Å². The summed E-state index contributed by atoms with van der Waals surface area (Å²) in [7, 11) is 0. The first-order chi connectivity index (χ1) is 17.9. The summed E-state index contributed by atoms with van der Waals surface area (Å²) < 4.78 is 16.3. The second kappa shape index (κ2) is 13.5. The normalized spacial score (nSPS) is 10.8. The Bertz CT molecular complexity index is 1250. The van der Waals surface area contributed by atoms with Gasteiger partial charge in [0.2, 0.25) is 0 Å². The highest BCUT2D eigenvalue weighted by Gasteiger charge is 2.16. The van der Waals surface area contributed by atoms with Gasteiger partial charge in [-0.05, 0) is 80.9 Å². The Balaban J connectivity index is 1.90. The molecule has 0 saturated carbocycles. The van der Waals surface area contributed by atoms with Crippen molar-refractivity contribution in [1.29, 1.82) is 0 Å². The van der Waals surface area contributed by atoms with E-state index in [0.29, 0.717) is 47.1 Å². The van der Waals surface area contributed by atoms with Crippen LogP contribution >= 0.6 is 0 Å². The van der Waals surface area contributed by atoms with E-state index in [9.17, 15) is 14.4 Å². The molecule has 0 fully saturated rings. The average Bonchev–Trinajstić information content (AvgIpc) is 2.91. The monoisotopic (exact) mass is 502 g/mol. The van der Waals surface area contributed by atoms with Crippen molar-refractivity contribution < 1.29 is 28.6 Å². The molecule has 0 aromatic heterocycles. The number of amides is 2. The van der Waals surface area contributed by atoms with Crippen LogP contribution in [0.15, 0.2) is 78.5 Å². The molecule has 0 unspecified atom stereocenters. The molecule has 0 aliphatic rings. The molecule has 3 aromatic rings. The number of anilines is 1. The van der Waals surface area contributed by atoms with E-state index in [2.05, 4.69) is 10.6 Å². The van der Waals surface area contributed by atoms with Gasteiger partial charge in [0.15, 0.2) is 11.5 Å². The van der Waals surface area contributed by atoms with Crippen LogP contribution in [0.25, 0.3) is 6.08 Å². The first kappa shape index (κ1) is 27.0. The minimum atomic E-state index is -0.542. The molecule has 37 heavy (non-hydrogen) atoms. The molecule has 0 saturated heterocycles. The lowest BCUT2D eigenvalue weighted by molar-refractivity contribution is -0.113. The highest BCUT2D eigenvalue weighted by molar-refractivity contribution is 6.10. The molecule has 192 valence electrons. The smallest absolute Gasteiger partial charge is 0.338 e. The zero-order chi connectivity index (χ0) is 26.6. The van der Waals surface area contributed by atoms with E-state index < -0.39 is 17.8 Å².